The first-order valence-electron chi connectivity index (χ1n) is 20.1. The Kier molecular flexibility index (Phi) is 12.6. The number of anilines is 1. The predicted molar refractivity (Wildman–Crippen MR) is 214 cm³/mol. The second-order valence-electron chi connectivity index (χ2n) is 15.6. The highest BCUT2D eigenvalue weighted by atomic mass is 16.5. The maximum atomic E-state index is 13.4. The van der Waals surface area contributed by atoms with E-state index in [0.29, 0.717) is 63.8 Å². The van der Waals surface area contributed by atoms with E-state index in [0.717, 1.165) is 41.2 Å². The third-order valence-electron chi connectivity index (χ3n) is 11.3. The molecule has 1 atom stereocenters. The van der Waals surface area contributed by atoms with Crippen LogP contribution < -0.4 is 10.6 Å². The molecule has 4 aliphatic rings. The van der Waals surface area contributed by atoms with Crippen LogP contribution in [0.5, 0.6) is 11.5 Å². The van der Waals surface area contributed by atoms with Crippen molar-refractivity contribution in [3.05, 3.63) is 87.5 Å². The number of aromatic hydroxyl groups is 2. The second-order valence-corrected chi connectivity index (χ2v) is 15.6. The molecule has 0 bridgehead atoms. The molecule has 59 heavy (non-hydrogen) atoms. The third-order valence-corrected chi connectivity index (χ3v) is 11.3. The van der Waals surface area contributed by atoms with E-state index in [1.807, 2.05) is 18.7 Å². The van der Waals surface area contributed by atoms with Gasteiger partial charge in [-0.05, 0) is 52.8 Å². The zero-order valence-electron chi connectivity index (χ0n) is 33.3. The fourth-order valence-corrected chi connectivity index (χ4v) is 8.06. The van der Waals surface area contributed by atoms with Gasteiger partial charge in [0.1, 0.15) is 17.5 Å². The highest BCUT2D eigenvalue weighted by Crippen LogP contribution is 2.35. The van der Waals surface area contributed by atoms with Crippen molar-refractivity contribution in [2.45, 2.75) is 64.7 Å². The normalized spacial score (nSPS) is 18.1. The van der Waals surface area contributed by atoms with Crippen molar-refractivity contribution in [2.75, 3.05) is 64.5 Å². The van der Waals surface area contributed by atoms with Crippen molar-refractivity contribution in [1.29, 1.82) is 0 Å². The Morgan fingerprint density at radius 3 is 2.34 bits per heavy atom. The van der Waals surface area contributed by atoms with Gasteiger partial charge in [-0.15, -0.1) is 0 Å². The van der Waals surface area contributed by atoms with Crippen LogP contribution >= 0.6 is 0 Å². The Bertz CT molecular complexity index is 2150. The minimum Gasteiger partial charge on any atom is -0.508 e. The molecular formula is C43H50N6O10. The zero-order chi connectivity index (χ0) is 41.8. The number of hydrogen-bond acceptors (Lipinski definition) is 12. The van der Waals surface area contributed by atoms with Gasteiger partial charge in [0.05, 0.1) is 49.5 Å². The quantitative estimate of drug-likeness (QED) is 0.130. The van der Waals surface area contributed by atoms with Crippen LogP contribution in [0.2, 0.25) is 0 Å². The molecule has 3 aromatic rings. The van der Waals surface area contributed by atoms with E-state index in [1.165, 1.54) is 6.07 Å². The number of carbonyl (C=O) groups is 6. The van der Waals surface area contributed by atoms with Gasteiger partial charge in [-0.3, -0.25) is 43.9 Å². The van der Waals surface area contributed by atoms with Crippen molar-refractivity contribution >= 4 is 41.1 Å². The molecule has 2 fully saturated rings. The lowest BCUT2D eigenvalue weighted by Gasteiger charge is -2.35. The number of carbonyl (C=O) groups excluding carboxylic acids is 6. The monoisotopic (exact) mass is 810 g/mol. The Hall–Kier alpha value is -5.84. The molecule has 16 nitrogen and oxygen atoms in total. The standard InChI is InChI=1S/C43H50N6O10/c1-26(2)31-21-32(36(51)22-35(31)50)41(55)48-24-28-7-6-27(20-29(28)25-48)23-46-12-14-47(15-13-46)38(53)10-16-58-18-19-59-17-11-44-33-5-3-4-30-39(33)43(57)49(42(30)56)34-8-9-37(52)45-40(34)54/h3-7,20-22,26,34,44,50-51H,8-19,23-25H2,1-2H3,(H,45,52,54). The van der Waals surface area contributed by atoms with Crippen LogP contribution in [-0.2, 0) is 43.5 Å². The molecule has 4 N–H and O–H groups in total. The van der Waals surface area contributed by atoms with E-state index in [9.17, 15) is 39.0 Å². The number of piperazine rings is 1. The molecule has 2 saturated heterocycles. The second kappa shape index (κ2) is 18.0. The maximum Gasteiger partial charge on any atom is 0.264 e. The summed E-state index contributed by atoms with van der Waals surface area (Å²) in [6, 6.07) is 12.9. The lowest BCUT2D eigenvalue weighted by Crippen LogP contribution is -2.54. The highest BCUT2D eigenvalue weighted by Gasteiger charge is 2.45. The Labute approximate surface area is 342 Å². The third kappa shape index (κ3) is 9.09. The van der Waals surface area contributed by atoms with Crippen LogP contribution in [0.4, 0.5) is 5.69 Å². The van der Waals surface area contributed by atoms with Crippen molar-refractivity contribution in [2.24, 2.45) is 0 Å². The molecule has 7 rings (SSSR count). The number of fused-ring (bicyclic) bond motifs is 2. The lowest BCUT2D eigenvalue weighted by atomic mass is 9.98. The molecule has 16 heteroatoms. The Balaban J connectivity index is 0.768. The van der Waals surface area contributed by atoms with E-state index in [2.05, 4.69) is 33.7 Å². The predicted octanol–water partition coefficient (Wildman–Crippen LogP) is 2.96. The average Bonchev–Trinajstić information content (AvgIpc) is 3.75. The van der Waals surface area contributed by atoms with Gasteiger partial charge in [0, 0.05) is 70.5 Å². The van der Waals surface area contributed by atoms with Gasteiger partial charge in [-0.25, -0.2) is 0 Å². The van der Waals surface area contributed by atoms with Gasteiger partial charge < -0.3 is 34.8 Å². The van der Waals surface area contributed by atoms with E-state index < -0.39 is 29.7 Å². The average molecular weight is 811 g/mol. The van der Waals surface area contributed by atoms with Gasteiger partial charge in [0.15, 0.2) is 0 Å². The number of amides is 6. The molecule has 0 aliphatic carbocycles. The van der Waals surface area contributed by atoms with Gasteiger partial charge >= 0.3 is 0 Å². The van der Waals surface area contributed by atoms with E-state index in [1.54, 1.807) is 29.2 Å². The molecule has 0 radical (unpaired) electrons. The van der Waals surface area contributed by atoms with Crippen molar-refractivity contribution < 1.29 is 48.5 Å². The molecule has 0 aromatic heterocycles. The van der Waals surface area contributed by atoms with Crippen LogP contribution in [-0.4, -0.2) is 130 Å². The first-order chi connectivity index (χ1) is 28.4. The molecular weight excluding hydrogens is 761 g/mol. The largest absolute Gasteiger partial charge is 0.508 e. The van der Waals surface area contributed by atoms with Crippen molar-refractivity contribution in [3.63, 3.8) is 0 Å². The summed E-state index contributed by atoms with van der Waals surface area (Å²) >= 11 is 0. The maximum absolute atomic E-state index is 13.4. The number of nitrogens with one attached hydrogen (secondary N) is 2. The van der Waals surface area contributed by atoms with Crippen LogP contribution in [0.25, 0.3) is 0 Å². The van der Waals surface area contributed by atoms with Crippen molar-refractivity contribution in [3.8, 4) is 11.5 Å². The first-order valence-corrected chi connectivity index (χ1v) is 20.1. The summed E-state index contributed by atoms with van der Waals surface area (Å²) in [7, 11) is 0. The number of hydrogen-bond donors (Lipinski definition) is 4. The summed E-state index contributed by atoms with van der Waals surface area (Å²) in [5.41, 5.74) is 4.92. The van der Waals surface area contributed by atoms with Crippen LogP contribution in [0.1, 0.15) is 92.4 Å². The number of phenolic OH excluding ortho intramolecular Hbond substituents is 2. The summed E-state index contributed by atoms with van der Waals surface area (Å²) in [6.07, 6.45) is 0.406. The summed E-state index contributed by atoms with van der Waals surface area (Å²) in [4.78, 5) is 83.3. The van der Waals surface area contributed by atoms with Crippen LogP contribution in [0.3, 0.4) is 0 Å². The Morgan fingerprint density at radius 2 is 1.59 bits per heavy atom. The van der Waals surface area contributed by atoms with Crippen LogP contribution in [0.15, 0.2) is 48.5 Å². The first kappa shape index (κ1) is 41.3. The summed E-state index contributed by atoms with van der Waals surface area (Å²) in [5.74, 6) is -2.72. The number of phenols is 2. The zero-order valence-corrected chi connectivity index (χ0v) is 33.3. The molecule has 312 valence electrons. The minimum absolute atomic E-state index is 0.00405. The van der Waals surface area contributed by atoms with E-state index in [4.69, 9.17) is 9.47 Å². The number of benzene rings is 3. The highest BCUT2D eigenvalue weighted by molar-refractivity contribution is 6.25. The van der Waals surface area contributed by atoms with Crippen molar-refractivity contribution in [1.82, 2.24) is 24.9 Å². The molecule has 4 aliphatic heterocycles. The lowest BCUT2D eigenvalue weighted by molar-refractivity contribution is -0.136. The summed E-state index contributed by atoms with van der Waals surface area (Å²) in [5, 5.41) is 26.0. The number of ether oxygens (including phenoxy) is 2. The van der Waals surface area contributed by atoms with Gasteiger partial charge in [0.2, 0.25) is 17.7 Å². The number of nitrogens with zero attached hydrogens (tertiary/aromatic N) is 4. The van der Waals surface area contributed by atoms with Gasteiger partial charge in [-0.1, -0.05) is 38.1 Å². The molecule has 0 saturated carbocycles. The number of rotatable bonds is 15. The minimum atomic E-state index is -1.03. The SMILES string of the molecule is CC(C)c1cc(C(=O)N2Cc3ccc(CN4CCN(C(=O)CCOCCOCCNc5cccc6c5C(=O)N(C5CCC(=O)NC5=O)C6=O)CC4)cc3C2)c(O)cc1O. The molecule has 0 spiro atoms. The van der Waals surface area contributed by atoms with Crippen LogP contribution in [0, 0.1) is 0 Å². The van der Waals surface area contributed by atoms with E-state index in [-0.39, 0.29) is 71.8 Å². The number of imide groups is 2. The fraction of sp³-hybridized carbons (Fsp3) is 0.442. The van der Waals surface area contributed by atoms with Gasteiger partial charge in [0.25, 0.3) is 17.7 Å². The molecule has 1 unspecified atom stereocenters. The Morgan fingerprint density at radius 1 is 0.847 bits per heavy atom. The smallest absolute Gasteiger partial charge is 0.264 e. The molecule has 4 heterocycles. The molecule has 3 aromatic carbocycles. The molecule has 6 amide bonds. The van der Waals surface area contributed by atoms with E-state index >= 15 is 0 Å². The number of piperidine rings is 1. The fourth-order valence-electron chi connectivity index (χ4n) is 8.06. The summed E-state index contributed by atoms with van der Waals surface area (Å²) < 4.78 is 11.3. The van der Waals surface area contributed by atoms with Gasteiger partial charge in [-0.2, -0.15) is 0 Å². The summed E-state index contributed by atoms with van der Waals surface area (Å²) in [6.45, 7) is 9.71. The topological polar surface area (TPSA) is 198 Å².